The van der Waals surface area contributed by atoms with E-state index in [-0.39, 0.29) is 5.56 Å². The molecular weight excluding hydrogens is 306 g/mol. The van der Waals surface area contributed by atoms with Crippen LogP contribution in [0.5, 0.6) is 0 Å². The molecule has 1 aromatic carbocycles. The first-order valence-electron chi connectivity index (χ1n) is 5.73. The second-order valence-corrected chi connectivity index (χ2v) is 4.96. The summed E-state index contributed by atoms with van der Waals surface area (Å²) < 4.78 is 2.40. The second kappa shape index (κ2) is 4.85. The van der Waals surface area contributed by atoms with Crippen molar-refractivity contribution in [2.24, 2.45) is 0 Å². The van der Waals surface area contributed by atoms with E-state index in [2.05, 4.69) is 26.0 Å². The van der Waals surface area contributed by atoms with Gasteiger partial charge in [0.1, 0.15) is 0 Å². The molecule has 0 saturated carbocycles. The van der Waals surface area contributed by atoms with E-state index in [9.17, 15) is 4.79 Å². The number of benzene rings is 1. The van der Waals surface area contributed by atoms with E-state index >= 15 is 0 Å². The van der Waals surface area contributed by atoms with Gasteiger partial charge in [0.05, 0.1) is 5.69 Å². The van der Waals surface area contributed by atoms with E-state index < -0.39 is 0 Å². The van der Waals surface area contributed by atoms with Gasteiger partial charge in [-0.25, -0.2) is 9.67 Å². The van der Waals surface area contributed by atoms with Gasteiger partial charge in [0.15, 0.2) is 5.82 Å². The summed E-state index contributed by atoms with van der Waals surface area (Å²) in [6, 6.07) is 14.8. The summed E-state index contributed by atoms with van der Waals surface area (Å²) >= 11 is 3.42. The maximum atomic E-state index is 12.0. The maximum Gasteiger partial charge on any atom is 0.273 e. The summed E-state index contributed by atoms with van der Waals surface area (Å²) in [5.41, 5.74) is 1.58. The van der Waals surface area contributed by atoms with Crippen molar-refractivity contribution in [3.05, 3.63) is 69.6 Å². The first kappa shape index (κ1) is 11.9. The molecule has 0 aliphatic carbocycles. The fourth-order valence-corrected chi connectivity index (χ4v) is 2.26. The minimum Gasteiger partial charge on any atom is -0.289 e. The number of rotatable bonds is 2. The van der Waals surface area contributed by atoms with Gasteiger partial charge in [0.25, 0.3) is 5.56 Å². The van der Waals surface area contributed by atoms with Crippen molar-refractivity contribution in [2.75, 3.05) is 0 Å². The Morgan fingerprint density at radius 1 is 1.11 bits per heavy atom. The molecule has 19 heavy (non-hydrogen) atoms. The summed E-state index contributed by atoms with van der Waals surface area (Å²) in [6.45, 7) is 0. The molecule has 0 aliphatic rings. The molecule has 0 amide bonds. The molecule has 2 aromatic heterocycles. The van der Waals surface area contributed by atoms with Crippen molar-refractivity contribution in [1.29, 1.82) is 0 Å². The van der Waals surface area contributed by atoms with Crippen LogP contribution in [0.25, 0.3) is 17.1 Å². The van der Waals surface area contributed by atoms with Crippen LogP contribution in [0.3, 0.4) is 0 Å². The zero-order valence-corrected chi connectivity index (χ0v) is 11.5. The molecule has 5 heteroatoms. The first-order chi connectivity index (χ1) is 9.24. The molecule has 94 valence electrons. The molecule has 0 aliphatic heterocycles. The number of nitrogens with zero attached hydrogens (tertiary/aromatic N) is 2. The molecule has 1 N–H and O–H groups in total. The molecule has 0 saturated heterocycles. The molecule has 3 rings (SSSR count). The lowest BCUT2D eigenvalue weighted by Crippen LogP contribution is -2.14. The maximum absolute atomic E-state index is 12.0. The molecule has 0 spiro atoms. The third-order valence-corrected chi connectivity index (χ3v) is 3.23. The van der Waals surface area contributed by atoms with Gasteiger partial charge in [-0.1, -0.05) is 34.1 Å². The van der Waals surface area contributed by atoms with E-state index in [4.69, 9.17) is 0 Å². The zero-order valence-electron chi connectivity index (χ0n) is 9.88. The quantitative estimate of drug-likeness (QED) is 0.790. The number of aromatic nitrogens is 3. The smallest absolute Gasteiger partial charge is 0.273 e. The Morgan fingerprint density at radius 2 is 2.00 bits per heavy atom. The van der Waals surface area contributed by atoms with Gasteiger partial charge >= 0.3 is 0 Å². The van der Waals surface area contributed by atoms with Gasteiger partial charge < -0.3 is 0 Å². The highest BCUT2D eigenvalue weighted by molar-refractivity contribution is 9.10. The molecule has 0 atom stereocenters. The lowest BCUT2D eigenvalue weighted by molar-refractivity contribution is 0.822. The van der Waals surface area contributed by atoms with Gasteiger partial charge in [-0.15, -0.1) is 0 Å². The Balaban J connectivity index is 2.10. The van der Waals surface area contributed by atoms with Gasteiger partial charge in [-0.05, 0) is 24.3 Å². The number of H-pyrrole nitrogens is 1. The average Bonchev–Trinajstić information content (AvgIpc) is 2.82. The highest BCUT2D eigenvalue weighted by atomic mass is 79.9. The van der Waals surface area contributed by atoms with Crippen LogP contribution in [0, 0.1) is 0 Å². The standard InChI is InChI=1S/C14H10BrN3O/c15-11-5-3-4-10(8-11)12-9-14(19)18(17-12)13-6-1-2-7-16-13/h1-9,17H. The van der Waals surface area contributed by atoms with Crippen LogP contribution in [0.1, 0.15) is 0 Å². The number of halogens is 1. The third-order valence-electron chi connectivity index (χ3n) is 2.73. The highest BCUT2D eigenvalue weighted by Gasteiger charge is 2.07. The van der Waals surface area contributed by atoms with Crippen molar-refractivity contribution < 1.29 is 0 Å². The van der Waals surface area contributed by atoms with Crippen LogP contribution in [-0.4, -0.2) is 14.8 Å². The number of hydrogen-bond donors (Lipinski definition) is 1. The highest BCUT2D eigenvalue weighted by Crippen LogP contribution is 2.20. The summed E-state index contributed by atoms with van der Waals surface area (Å²) in [7, 11) is 0. The number of hydrogen-bond acceptors (Lipinski definition) is 2. The number of pyridine rings is 1. The Labute approximate surface area is 117 Å². The monoisotopic (exact) mass is 315 g/mol. The normalized spacial score (nSPS) is 10.6. The van der Waals surface area contributed by atoms with Gasteiger partial charge in [-0.2, -0.15) is 0 Å². The number of aromatic amines is 1. The van der Waals surface area contributed by atoms with E-state index in [1.807, 2.05) is 36.4 Å². The first-order valence-corrected chi connectivity index (χ1v) is 6.53. The Morgan fingerprint density at radius 3 is 2.74 bits per heavy atom. The fourth-order valence-electron chi connectivity index (χ4n) is 1.86. The fraction of sp³-hybridized carbons (Fsp3) is 0. The van der Waals surface area contributed by atoms with Gasteiger partial charge in [-0.3, -0.25) is 9.89 Å². The van der Waals surface area contributed by atoms with Crippen LogP contribution in [0.4, 0.5) is 0 Å². The van der Waals surface area contributed by atoms with Gasteiger partial charge in [0.2, 0.25) is 0 Å². The van der Waals surface area contributed by atoms with Crippen LogP contribution in [0.15, 0.2) is 64.0 Å². The van der Waals surface area contributed by atoms with E-state index in [0.29, 0.717) is 5.82 Å². The minimum absolute atomic E-state index is 0.131. The Bertz CT molecular complexity index is 762. The minimum atomic E-state index is -0.131. The van der Waals surface area contributed by atoms with Crippen LogP contribution in [0.2, 0.25) is 0 Å². The van der Waals surface area contributed by atoms with Crippen LogP contribution in [-0.2, 0) is 0 Å². The molecule has 0 unspecified atom stereocenters. The summed E-state index contributed by atoms with van der Waals surface area (Å²) in [5.74, 6) is 0.578. The zero-order chi connectivity index (χ0) is 13.2. The van der Waals surface area contributed by atoms with Crippen molar-refractivity contribution in [3.63, 3.8) is 0 Å². The van der Waals surface area contributed by atoms with E-state index in [1.54, 1.807) is 18.3 Å². The van der Waals surface area contributed by atoms with Crippen LogP contribution < -0.4 is 5.56 Å². The predicted molar refractivity (Wildman–Crippen MR) is 77.3 cm³/mol. The summed E-state index contributed by atoms with van der Waals surface area (Å²) in [6.07, 6.45) is 1.65. The molecule has 2 heterocycles. The SMILES string of the molecule is O=c1cc(-c2cccc(Br)c2)[nH]n1-c1ccccn1. The van der Waals surface area contributed by atoms with E-state index in [0.717, 1.165) is 15.7 Å². The topological polar surface area (TPSA) is 50.7 Å². The Hall–Kier alpha value is -2.14. The second-order valence-electron chi connectivity index (χ2n) is 4.04. The predicted octanol–water partition coefficient (Wildman–Crippen LogP) is 2.99. The molecule has 0 radical (unpaired) electrons. The molecular formula is C14H10BrN3O. The van der Waals surface area contributed by atoms with Gasteiger partial charge in [0, 0.05) is 22.3 Å². The lowest BCUT2D eigenvalue weighted by atomic mass is 10.2. The summed E-state index contributed by atoms with van der Waals surface area (Å²) in [5, 5.41) is 3.06. The van der Waals surface area contributed by atoms with Crippen molar-refractivity contribution in [3.8, 4) is 17.1 Å². The van der Waals surface area contributed by atoms with Crippen molar-refractivity contribution >= 4 is 15.9 Å². The lowest BCUT2D eigenvalue weighted by Gasteiger charge is -2.01. The number of nitrogens with one attached hydrogen (secondary N) is 1. The van der Waals surface area contributed by atoms with E-state index in [1.165, 1.54) is 4.68 Å². The molecule has 0 fully saturated rings. The largest absolute Gasteiger partial charge is 0.289 e. The Kier molecular flexibility index (Phi) is 3.05. The summed E-state index contributed by atoms with van der Waals surface area (Å²) in [4.78, 5) is 16.1. The van der Waals surface area contributed by atoms with Crippen molar-refractivity contribution in [2.45, 2.75) is 0 Å². The molecule has 3 aromatic rings. The molecule has 4 nitrogen and oxygen atoms in total. The average molecular weight is 316 g/mol. The molecule has 0 bridgehead atoms. The third kappa shape index (κ3) is 2.37. The van der Waals surface area contributed by atoms with Crippen LogP contribution >= 0.6 is 15.9 Å². The van der Waals surface area contributed by atoms with Crippen molar-refractivity contribution in [1.82, 2.24) is 14.8 Å².